The number of aromatic nitrogens is 2. The van der Waals surface area contributed by atoms with Gasteiger partial charge in [-0.3, -0.25) is 4.79 Å². The minimum atomic E-state index is -3.09. The van der Waals surface area contributed by atoms with Crippen LogP contribution in [0.25, 0.3) is 0 Å². The minimum Gasteiger partial charge on any atom is -0.349 e. The molecule has 0 saturated heterocycles. The van der Waals surface area contributed by atoms with Crippen molar-refractivity contribution in [3.63, 3.8) is 0 Å². The van der Waals surface area contributed by atoms with Crippen molar-refractivity contribution in [3.05, 3.63) is 21.5 Å². The molecule has 1 unspecified atom stereocenters. The predicted octanol–water partition coefficient (Wildman–Crippen LogP) is 0.665. The maximum Gasteiger partial charge on any atom is 0.220 e. The number of carbonyl (C=O) groups is 1. The smallest absolute Gasteiger partial charge is 0.220 e. The molecule has 0 bridgehead atoms. The number of allylic oxidation sites excluding steroid dienone is 1. The van der Waals surface area contributed by atoms with Gasteiger partial charge < -0.3 is 5.32 Å². The Labute approximate surface area is 115 Å². The number of hydrogen-bond donors (Lipinski definition) is 1. The minimum absolute atomic E-state index is 0.0270. The Morgan fingerprint density at radius 1 is 1.47 bits per heavy atom. The number of rotatable bonds is 5. The molecule has 1 N–H and O–H groups in total. The average molecular weight is 301 g/mol. The lowest BCUT2D eigenvalue weighted by Crippen LogP contribution is -2.25. The highest BCUT2D eigenvalue weighted by molar-refractivity contribution is 7.94. The molecule has 2 heterocycles. The molecule has 1 atom stereocenters. The van der Waals surface area contributed by atoms with Crippen molar-refractivity contribution in [2.24, 2.45) is 5.92 Å². The van der Waals surface area contributed by atoms with E-state index < -0.39 is 9.84 Å². The van der Waals surface area contributed by atoms with Gasteiger partial charge in [0.25, 0.3) is 0 Å². The zero-order chi connectivity index (χ0) is 13.9. The number of nitrogens with zero attached hydrogens (tertiary/aromatic N) is 2. The molecule has 1 aliphatic rings. The predicted molar refractivity (Wildman–Crippen MR) is 72.2 cm³/mol. The highest BCUT2D eigenvalue weighted by atomic mass is 32.2. The lowest BCUT2D eigenvalue weighted by molar-refractivity contribution is -0.121. The SMILES string of the molecule is CCc1nnc(CNC(=O)CC2C=CS(=O)(=O)C2)s1. The summed E-state index contributed by atoms with van der Waals surface area (Å²) in [6.07, 6.45) is 2.60. The van der Waals surface area contributed by atoms with Crippen molar-refractivity contribution in [3.8, 4) is 0 Å². The summed E-state index contributed by atoms with van der Waals surface area (Å²) >= 11 is 1.47. The number of aryl methyl sites for hydroxylation is 1. The fourth-order valence-corrected chi connectivity index (χ4v) is 3.88. The number of nitrogens with one attached hydrogen (secondary N) is 1. The molecule has 0 fully saturated rings. The van der Waals surface area contributed by atoms with Crippen molar-refractivity contribution >= 4 is 27.1 Å². The van der Waals surface area contributed by atoms with E-state index in [-0.39, 0.29) is 24.0 Å². The monoisotopic (exact) mass is 301 g/mol. The van der Waals surface area contributed by atoms with E-state index in [1.165, 1.54) is 16.7 Å². The first-order valence-electron chi connectivity index (χ1n) is 5.97. The summed E-state index contributed by atoms with van der Waals surface area (Å²) in [5.41, 5.74) is 0. The van der Waals surface area contributed by atoms with Crippen molar-refractivity contribution in [1.29, 1.82) is 0 Å². The summed E-state index contributed by atoms with van der Waals surface area (Å²) in [5, 5.41) is 13.5. The molecule has 0 spiro atoms. The van der Waals surface area contributed by atoms with E-state index in [0.717, 1.165) is 16.4 Å². The second-order valence-corrected chi connectivity index (χ2v) is 7.42. The van der Waals surface area contributed by atoms with Crippen molar-refractivity contribution in [2.75, 3.05) is 5.75 Å². The molecule has 0 radical (unpaired) electrons. The molecular formula is C11H15N3O3S2. The number of carbonyl (C=O) groups excluding carboxylic acids is 1. The summed E-state index contributed by atoms with van der Waals surface area (Å²) in [6.45, 7) is 2.34. The van der Waals surface area contributed by atoms with Gasteiger partial charge in [-0.15, -0.1) is 10.2 Å². The molecule has 104 valence electrons. The quantitative estimate of drug-likeness (QED) is 0.863. The molecule has 1 aromatic rings. The van der Waals surface area contributed by atoms with Gasteiger partial charge in [0.1, 0.15) is 10.0 Å². The first kappa shape index (κ1) is 14.1. The van der Waals surface area contributed by atoms with E-state index in [2.05, 4.69) is 15.5 Å². The molecule has 1 aromatic heterocycles. The summed E-state index contributed by atoms with van der Waals surface area (Å²) in [5.74, 6) is -0.357. The second kappa shape index (κ2) is 5.79. The highest BCUT2D eigenvalue weighted by Crippen LogP contribution is 2.18. The Balaban J connectivity index is 1.78. The third kappa shape index (κ3) is 4.10. The number of amides is 1. The van der Waals surface area contributed by atoms with Gasteiger partial charge in [0.05, 0.1) is 12.3 Å². The van der Waals surface area contributed by atoms with E-state index in [0.29, 0.717) is 6.54 Å². The third-order valence-corrected chi connectivity index (χ3v) is 5.23. The molecule has 0 aliphatic carbocycles. The Hall–Kier alpha value is -1.28. The molecule has 6 nitrogen and oxygen atoms in total. The molecule has 1 amide bonds. The maximum absolute atomic E-state index is 11.7. The summed E-state index contributed by atoms with van der Waals surface area (Å²) < 4.78 is 22.4. The highest BCUT2D eigenvalue weighted by Gasteiger charge is 2.23. The second-order valence-electron chi connectivity index (χ2n) is 4.34. The van der Waals surface area contributed by atoms with Crippen LogP contribution in [0.2, 0.25) is 0 Å². The van der Waals surface area contributed by atoms with Gasteiger partial charge in [-0.2, -0.15) is 0 Å². The fraction of sp³-hybridized carbons (Fsp3) is 0.545. The Morgan fingerprint density at radius 2 is 2.21 bits per heavy atom. The van der Waals surface area contributed by atoms with Gasteiger partial charge in [0.2, 0.25) is 5.91 Å². The lowest BCUT2D eigenvalue weighted by atomic mass is 10.1. The summed E-state index contributed by atoms with van der Waals surface area (Å²) in [4.78, 5) is 11.7. The summed E-state index contributed by atoms with van der Waals surface area (Å²) in [6, 6.07) is 0. The average Bonchev–Trinajstić information content (AvgIpc) is 2.93. The van der Waals surface area contributed by atoms with E-state index in [9.17, 15) is 13.2 Å². The van der Waals surface area contributed by atoms with Crippen LogP contribution in [0, 0.1) is 5.92 Å². The Morgan fingerprint density at radius 3 is 2.79 bits per heavy atom. The van der Waals surface area contributed by atoms with E-state index in [4.69, 9.17) is 0 Å². The van der Waals surface area contributed by atoms with Crippen molar-refractivity contribution in [2.45, 2.75) is 26.3 Å². The van der Waals surface area contributed by atoms with Crippen LogP contribution in [0.15, 0.2) is 11.5 Å². The van der Waals surface area contributed by atoms with Crippen LogP contribution in [0.4, 0.5) is 0 Å². The van der Waals surface area contributed by atoms with Gasteiger partial charge in [0.15, 0.2) is 9.84 Å². The van der Waals surface area contributed by atoms with Gasteiger partial charge in [-0.05, 0) is 6.42 Å². The third-order valence-electron chi connectivity index (χ3n) is 2.70. The topological polar surface area (TPSA) is 89.0 Å². The molecular weight excluding hydrogens is 286 g/mol. The van der Waals surface area contributed by atoms with E-state index in [1.807, 2.05) is 6.92 Å². The lowest BCUT2D eigenvalue weighted by Gasteiger charge is -2.06. The van der Waals surface area contributed by atoms with Gasteiger partial charge in [-0.25, -0.2) is 8.42 Å². The van der Waals surface area contributed by atoms with Crippen LogP contribution in [0.3, 0.4) is 0 Å². The Kier molecular flexibility index (Phi) is 4.31. The first-order valence-corrected chi connectivity index (χ1v) is 8.50. The van der Waals surface area contributed by atoms with Gasteiger partial charge >= 0.3 is 0 Å². The fourth-order valence-electron chi connectivity index (χ4n) is 1.75. The molecule has 0 aromatic carbocycles. The van der Waals surface area contributed by atoms with Crippen LogP contribution in [0.1, 0.15) is 23.4 Å². The van der Waals surface area contributed by atoms with E-state index in [1.54, 1.807) is 6.08 Å². The van der Waals surface area contributed by atoms with Crippen molar-refractivity contribution in [1.82, 2.24) is 15.5 Å². The van der Waals surface area contributed by atoms with Crippen LogP contribution >= 0.6 is 11.3 Å². The maximum atomic E-state index is 11.7. The normalized spacial score (nSPS) is 20.6. The number of hydrogen-bond acceptors (Lipinski definition) is 6. The molecule has 2 rings (SSSR count). The standard InChI is InChI=1S/C11H15N3O3S2/c1-2-10-13-14-11(18-10)6-12-9(15)5-8-3-4-19(16,17)7-8/h3-4,8H,2,5-7H2,1H3,(H,12,15). The largest absolute Gasteiger partial charge is 0.349 e. The van der Waals surface area contributed by atoms with Crippen LogP contribution in [-0.2, 0) is 27.6 Å². The molecule has 19 heavy (non-hydrogen) atoms. The molecule has 8 heteroatoms. The molecule has 1 aliphatic heterocycles. The van der Waals surface area contributed by atoms with Crippen LogP contribution in [-0.4, -0.2) is 30.3 Å². The van der Waals surface area contributed by atoms with Crippen LogP contribution in [0.5, 0.6) is 0 Å². The van der Waals surface area contributed by atoms with Gasteiger partial charge in [0, 0.05) is 17.7 Å². The first-order chi connectivity index (χ1) is 8.98. The van der Waals surface area contributed by atoms with Gasteiger partial charge in [-0.1, -0.05) is 24.3 Å². The zero-order valence-electron chi connectivity index (χ0n) is 10.5. The van der Waals surface area contributed by atoms with Crippen LogP contribution < -0.4 is 5.32 Å². The van der Waals surface area contributed by atoms with E-state index >= 15 is 0 Å². The molecule has 0 saturated carbocycles. The summed E-state index contributed by atoms with van der Waals surface area (Å²) in [7, 11) is -3.09. The number of sulfone groups is 1. The van der Waals surface area contributed by atoms with Crippen molar-refractivity contribution < 1.29 is 13.2 Å². The Bertz CT molecular complexity index is 592. The zero-order valence-corrected chi connectivity index (χ0v) is 12.1.